The van der Waals surface area contributed by atoms with Gasteiger partial charge in [0.1, 0.15) is 31.0 Å². The van der Waals surface area contributed by atoms with Gasteiger partial charge in [0.2, 0.25) is 23.6 Å². The van der Waals surface area contributed by atoms with Crippen LogP contribution in [0.5, 0.6) is 17.4 Å². The fourth-order valence-electron chi connectivity index (χ4n) is 6.09. The zero-order chi connectivity index (χ0) is 37.1. The summed E-state index contributed by atoms with van der Waals surface area (Å²) in [6.07, 6.45) is -2.28. The molecule has 272 valence electrons. The Kier molecular flexibility index (Phi) is 10.2. The van der Waals surface area contributed by atoms with Crippen LogP contribution in [0.1, 0.15) is 30.3 Å². The van der Waals surface area contributed by atoms with Crippen molar-refractivity contribution in [2.45, 2.75) is 43.6 Å². The number of nitrogens with zero attached hydrogens (tertiary/aromatic N) is 5. The summed E-state index contributed by atoms with van der Waals surface area (Å²) in [7, 11) is -1.46. The predicted octanol–water partition coefficient (Wildman–Crippen LogP) is 4.38. The number of nitrogens with two attached hydrogens (primary N) is 1. The van der Waals surface area contributed by atoms with E-state index in [2.05, 4.69) is 19.7 Å². The molecular formula is C37H35N6O9P. The number of hydrogen-bond acceptors (Lipinski definition) is 14. The maximum Gasteiger partial charge on any atom is 0.395 e. The summed E-state index contributed by atoms with van der Waals surface area (Å²) < 4.78 is 34.8. The molecule has 0 saturated carbocycles. The lowest BCUT2D eigenvalue weighted by Crippen LogP contribution is -2.44. The number of methoxy groups -OCH3 is 1. The van der Waals surface area contributed by atoms with Gasteiger partial charge in [-0.15, -0.1) is 0 Å². The van der Waals surface area contributed by atoms with Gasteiger partial charge >= 0.3 is 14.1 Å². The summed E-state index contributed by atoms with van der Waals surface area (Å²) in [5.74, 6) is -0.399. The van der Waals surface area contributed by atoms with Crippen molar-refractivity contribution in [1.29, 1.82) is 0 Å². The molecule has 0 amide bonds. The number of imidazole rings is 1. The SMILES string of the molecule is COc1nc(N)nc2c1ncn2C1O[C@H](COc2ccc3ccccc3c2O[P+]([O-])=N[C@@H](C(=O)OCc2ccccc2)c2ccccc2)[C@@H](O)[C@@]1(C)O. The number of aliphatic hydroxyl groups excluding tert-OH is 1. The Morgan fingerprint density at radius 3 is 2.53 bits per heavy atom. The molecule has 6 atom stereocenters. The molecule has 1 aliphatic rings. The zero-order valence-corrected chi connectivity index (χ0v) is 29.4. The lowest BCUT2D eigenvalue weighted by molar-refractivity contribution is -0.170. The number of aliphatic hydroxyl groups is 2. The smallest absolute Gasteiger partial charge is 0.395 e. The highest BCUT2D eigenvalue weighted by atomic mass is 31.1. The molecule has 7 rings (SSSR count). The highest BCUT2D eigenvalue weighted by Crippen LogP contribution is 2.43. The number of esters is 1. The number of fused-ring (bicyclic) bond motifs is 2. The molecule has 1 aliphatic heterocycles. The Hall–Kier alpha value is -5.70. The molecule has 0 spiro atoms. The number of ether oxygens (including phenoxy) is 4. The van der Waals surface area contributed by atoms with Gasteiger partial charge in [-0.25, -0.2) is 9.78 Å². The molecule has 0 bridgehead atoms. The molecule has 15 nitrogen and oxygen atoms in total. The van der Waals surface area contributed by atoms with E-state index in [9.17, 15) is 19.9 Å². The average molecular weight is 739 g/mol. The van der Waals surface area contributed by atoms with Crippen molar-refractivity contribution in [2.75, 3.05) is 19.5 Å². The van der Waals surface area contributed by atoms with Crippen LogP contribution in [0.2, 0.25) is 0 Å². The third-order valence-electron chi connectivity index (χ3n) is 8.80. The van der Waals surface area contributed by atoms with Crippen LogP contribution in [0, 0.1) is 0 Å². The molecule has 3 heterocycles. The second-order valence-electron chi connectivity index (χ2n) is 12.4. The molecule has 1 saturated heterocycles. The van der Waals surface area contributed by atoms with Gasteiger partial charge in [-0.1, -0.05) is 95.7 Å². The van der Waals surface area contributed by atoms with Crippen molar-refractivity contribution in [3.63, 3.8) is 0 Å². The molecule has 2 aromatic heterocycles. The van der Waals surface area contributed by atoms with Gasteiger partial charge in [-0.3, -0.25) is 9.09 Å². The molecule has 16 heteroatoms. The molecule has 6 aromatic rings. The number of carbonyl (C=O) groups excluding carboxylic acids is 1. The van der Waals surface area contributed by atoms with Gasteiger partial charge in [0, 0.05) is 5.39 Å². The van der Waals surface area contributed by atoms with E-state index in [1.807, 2.05) is 42.5 Å². The summed E-state index contributed by atoms with van der Waals surface area (Å²) in [5.41, 5.74) is 5.81. The second kappa shape index (κ2) is 15.1. The van der Waals surface area contributed by atoms with E-state index in [0.717, 1.165) is 10.9 Å². The third kappa shape index (κ3) is 7.33. The Bertz CT molecular complexity index is 2270. The highest BCUT2D eigenvalue weighted by Gasteiger charge is 2.54. The molecule has 53 heavy (non-hydrogen) atoms. The number of nitrogen functional groups attached to an aromatic ring is 1. The van der Waals surface area contributed by atoms with E-state index in [-0.39, 0.29) is 47.7 Å². The molecule has 0 aliphatic carbocycles. The lowest BCUT2D eigenvalue weighted by Gasteiger charge is -2.27. The zero-order valence-electron chi connectivity index (χ0n) is 28.6. The molecular weight excluding hydrogens is 703 g/mol. The van der Waals surface area contributed by atoms with Crippen LogP contribution in [0.25, 0.3) is 21.9 Å². The summed E-state index contributed by atoms with van der Waals surface area (Å²) >= 11 is 0. The van der Waals surface area contributed by atoms with E-state index in [4.69, 9.17) is 29.2 Å². The van der Waals surface area contributed by atoms with Gasteiger partial charge in [-0.05, 0) is 29.5 Å². The van der Waals surface area contributed by atoms with Crippen molar-refractivity contribution in [1.82, 2.24) is 19.5 Å². The maximum absolute atomic E-state index is 13.7. The molecule has 4 aromatic carbocycles. The van der Waals surface area contributed by atoms with Crippen molar-refractivity contribution in [3.05, 3.63) is 115 Å². The second-order valence-corrected chi connectivity index (χ2v) is 13.3. The molecule has 2 unspecified atom stereocenters. The first-order chi connectivity index (χ1) is 25.6. The first-order valence-corrected chi connectivity index (χ1v) is 17.6. The van der Waals surface area contributed by atoms with Crippen LogP contribution < -0.4 is 24.6 Å². The molecule has 1 fully saturated rings. The van der Waals surface area contributed by atoms with Crippen LogP contribution in [-0.2, 0) is 20.9 Å². The summed E-state index contributed by atoms with van der Waals surface area (Å²) in [6.45, 7) is 1.16. The van der Waals surface area contributed by atoms with Gasteiger partial charge < -0.3 is 39.8 Å². The van der Waals surface area contributed by atoms with Crippen molar-refractivity contribution < 1.29 is 43.4 Å². The maximum atomic E-state index is 13.7. The van der Waals surface area contributed by atoms with Gasteiger partial charge in [-0.2, -0.15) is 9.97 Å². The number of rotatable bonds is 12. The van der Waals surface area contributed by atoms with Crippen LogP contribution in [0.4, 0.5) is 5.95 Å². The number of benzene rings is 4. The third-order valence-corrected chi connectivity index (χ3v) is 9.55. The monoisotopic (exact) mass is 738 g/mol. The Labute approximate surface area is 304 Å². The van der Waals surface area contributed by atoms with Crippen molar-refractivity contribution >= 4 is 42.0 Å². The van der Waals surface area contributed by atoms with Gasteiger partial charge in [0.05, 0.1) is 13.4 Å². The number of anilines is 1. The first-order valence-electron chi connectivity index (χ1n) is 16.5. The molecule has 0 radical (unpaired) electrons. The van der Waals surface area contributed by atoms with Crippen molar-refractivity contribution in [3.8, 4) is 17.4 Å². The minimum Gasteiger partial charge on any atom is -0.575 e. The normalized spacial score (nSPS) is 20.7. The van der Waals surface area contributed by atoms with Crippen LogP contribution in [0.3, 0.4) is 0 Å². The fraction of sp³-hybridized carbons (Fsp3) is 0.243. The van der Waals surface area contributed by atoms with Crippen LogP contribution in [-0.4, -0.2) is 67.2 Å². The van der Waals surface area contributed by atoms with E-state index >= 15 is 0 Å². The Morgan fingerprint density at radius 2 is 1.77 bits per heavy atom. The Balaban J connectivity index is 1.14. The largest absolute Gasteiger partial charge is 0.575 e. The van der Waals surface area contributed by atoms with Gasteiger partial charge in [0.25, 0.3) is 0 Å². The minimum absolute atomic E-state index is 0.00729. The van der Waals surface area contributed by atoms with Gasteiger partial charge in [0.15, 0.2) is 23.1 Å². The van der Waals surface area contributed by atoms with E-state index in [1.54, 1.807) is 54.6 Å². The quantitative estimate of drug-likeness (QED) is 0.118. The van der Waals surface area contributed by atoms with E-state index in [1.165, 1.54) is 24.9 Å². The predicted molar refractivity (Wildman–Crippen MR) is 192 cm³/mol. The number of aromatic nitrogens is 4. The Morgan fingerprint density at radius 1 is 1.06 bits per heavy atom. The summed E-state index contributed by atoms with van der Waals surface area (Å²) in [4.78, 5) is 39.6. The summed E-state index contributed by atoms with van der Waals surface area (Å²) in [6, 6.07) is 27.2. The molecule has 4 N–H and O–H groups in total. The van der Waals surface area contributed by atoms with Crippen LogP contribution in [0.15, 0.2) is 108 Å². The lowest BCUT2D eigenvalue weighted by atomic mass is 9.96. The summed E-state index contributed by atoms with van der Waals surface area (Å²) in [5, 5.41) is 24.0. The van der Waals surface area contributed by atoms with E-state index in [0.29, 0.717) is 10.9 Å². The standard InChI is InChI=1S/C37H35N6O9P/c1-37(46)31(44)27(51-35(37)43-21-39-29-32(43)40-36(38)41-33(29)48-2)20-49-26-18-17-23-13-9-10-16-25(23)30(26)52-53(47)42-28(24-14-7-4-8-15-24)34(45)50-19-22-11-5-3-6-12-22/h3-18,21,27-28,31,35,44,46H,19-20H2,1-2H3,(H2,38,40,41)/t27-,28-,31-,35?,37-/m1/s1. The topological polar surface area (TPSA) is 209 Å². The number of carbonyl (C=O) groups is 1. The average Bonchev–Trinajstić information content (AvgIpc) is 3.69. The minimum atomic E-state index is -2.88. The van der Waals surface area contributed by atoms with E-state index < -0.39 is 44.2 Å². The first kappa shape index (κ1) is 35.7. The fourth-order valence-corrected chi connectivity index (χ4v) is 6.90. The highest BCUT2D eigenvalue weighted by molar-refractivity contribution is 7.34. The number of hydrogen-bond donors (Lipinski definition) is 3. The van der Waals surface area contributed by atoms with Crippen molar-refractivity contribution in [2.24, 2.45) is 4.74 Å². The van der Waals surface area contributed by atoms with Crippen LogP contribution >= 0.6 is 8.17 Å².